The highest BCUT2D eigenvalue weighted by atomic mass is 16.7. The van der Waals surface area contributed by atoms with Crippen LogP contribution in [-0.4, -0.2) is 18.4 Å². The van der Waals surface area contributed by atoms with E-state index in [-0.39, 0.29) is 12.2 Å². The molecule has 100 valence electrons. The number of carbonyl (C=O) groups is 1. The van der Waals surface area contributed by atoms with Gasteiger partial charge in [-0.05, 0) is 44.4 Å². The van der Waals surface area contributed by atoms with Crippen molar-refractivity contribution in [3.8, 4) is 0 Å². The van der Waals surface area contributed by atoms with Crippen LogP contribution in [0.1, 0.15) is 53.9 Å². The zero-order chi connectivity index (χ0) is 13.0. The van der Waals surface area contributed by atoms with Crippen molar-refractivity contribution in [1.29, 1.82) is 0 Å². The van der Waals surface area contributed by atoms with Crippen molar-refractivity contribution in [3.05, 3.63) is 0 Å². The Morgan fingerprint density at radius 2 is 1.82 bits per heavy atom. The molecule has 1 fully saturated rings. The molecule has 17 heavy (non-hydrogen) atoms. The molecule has 0 heterocycles. The second-order valence-corrected chi connectivity index (χ2v) is 5.90. The molecule has 1 saturated carbocycles. The molecular formula is C14H26O3. The summed E-state index contributed by atoms with van der Waals surface area (Å²) in [7, 11) is 0. The molecule has 0 aromatic rings. The van der Waals surface area contributed by atoms with E-state index >= 15 is 0 Å². The zero-order valence-electron chi connectivity index (χ0n) is 11.7. The Hall–Kier alpha value is -0.730. The largest absolute Gasteiger partial charge is 0.508 e. The number of carbonyl (C=O) groups excluding carboxylic acids is 1. The summed E-state index contributed by atoms with van der Waals surface area (Å²) < 4.78 is 10.5. The third-order valence-corrected chi connectivity index (χ3v) is 3.54. The van der Waals surface area contributed by atoms with Gasteiger partial charge in [-0.2, -0.15) is 0 Å². The summed E-state index contributed by atoms with van der Waals surface area (Å²) in [6, 6.07) is 0. The molecule has 0 aliphatic heterocycles. The van der Waals surface area contributed by atoms with Crippen molar-refractivity contribution in [3.63, 3.8) is 0 Å². The van der Waals surface area contributed by atoms with Crippen molar-refractivity contribution in [1.82, 2.24) is 0 Å². The van der Waals surface area contributed by atoms with E-state index in [0.717, 1.165) is 12.8 Å². The maximum absolute atomic E-state index is 11.6. The summed E-state index contributed by atoms with van der Waals surface area (Å²) in [5.41, 5.74) is 0. The Bertz CT molecular complexity index is 248. The van der Waals surface area contributed by atoms with Crippen molar-refractivity contribution in [2.75, 3.05) is 0 Å². The van der Waals surface area contributed by atoms with Gasteiger partial charge in [0, 0.05) is 0 Å². The SMILES string of the molecule is CC(C)OC(=O)O[C@@H]1C[C@H](C)CC[C@H]1C(C)C. The highest BCUT2D eigenvalue weighted by Gasteiger charge is 2.33. The summed E-state index contributed by atoms with van der Waals surface area (Å²) >= 11 is 0. The van der Waals surface area contributed by atoms with E-state index in [1.807, 2.05) is 13.8 Å². The maximum atomic E-state index is 11.6. The molecule has 3 atom stereocenters. The molecule has 3 nitrogen and oxygen atoms in total. The van der Waals surface area contributed by atoms with Gasteiger partial charge < -0.3 is 9.47 Å². The summed E-state index contributed by atoms with van der Waals surface area (Å²) in [5, 5.41) is 0. The van der Waals surface area contributed by atoms with E-state index < -0.39 is 6.16 Å². The lowest BCUT2D eigenvalue weighted by atomic mass is 9.75. The second-order valence-electron chi connectivity index (χ2n) is 5.90. The van der Waals surface area contributed by atoms with E-state index in [9.17, 15) is 4.79 Å². The van der Waals surface area contributed by atoms with Crippen LogP contribution in [0.4, 0.5) is 4.79 Å². The van der Waals surface area contributed by atoms with Gasteiger partial charge in [-0.15, -0.1) is 0 Å². The second kappa shape index (κ2) is 6.27. The maximum Gasteiger partial charge on any atom is 0.508 e. The molecule has 0 amide bonds. The lowest BCUT2D eigenvalue weighted by molar-refractivity contribution is -0.0405. The molecule has 0 aromatic heterocycles. The van der Waals surface area contributed by atoms with Crippen LogP contribution in [-0.2, 0) is 9.47 Å². The third kappa shape index (κ3) is 4.57. The fourth-order valence-corrected chi connectivity index (χ4v) is 2.59. The van der Waals surface area contributed by atoms with Crippen LogP contribution in [0.3, 0.4) is 0 Å². The van der Waals surface area contributed by atoms with Gasteiger partial charge in [0.2, 0.25) is 0 Å². The fraction of sp³-hybridized carbons (Fsp3) is 0.929. The van der Waals surface area contributed by atoms with Crippen LogP contribution in [0, 0.1) is 17.8 Å². The first-order valence-electron chi connectivity index (χ1n) is 6.77. The highest BCUT2D eigenvalue weighted by Crippen LogP contribution is 2.35. The smallest absolute Gasteiger partial charge is 0.432 e. The van der Waals surface area contributed by atoms with E-state index in [1.165, 1.54) is 6.42 Å². The first-order valence-corrected chi connectivity index (χ1v) is 6.77. The summed E-state index contributed by atoms with van der Waals surface area (Å²) in [5.74, 6) is 1.67. The minimum atomic E-state index is -0.509. The van der Waals surface area contributed by atoms with E-state index in [1.54, 1.807) is 0 Å². The highest BCUT2D eigenvalue weighted by molar-refractivity contribution is 5.60. The molecule has 0 saturated heterocycles. The third-order valence-electron chi connectivity index (χ3n) is 3.54. The summed E-state index contributed by atoms with van der Waals surface area (Å²) in [6.45, 7) is 10.3. The Kier molecular flexibility index (Phi) is 5.29. The van der Waals surface area contributed by atoms with Crippen LogP contribution in [0.15, 0.2) is 0 Å². The molecular weight excluding hydrogens is 216 g/mol. The molecule has 0 spiro atoms. The van der Waals surface area contributed by atoms with Crippen LogP contribution in [0.5, 0.6) is 0 Å². The molecule has 0 aromatic carbocycles. The van der Waals surface area contributed by atoms with Crippen molar-refractivity contribution in [2.24, 2.45) is 17.8 Å². The van der Waals surface area contributed by atoms with Gasteiger partial charge in [-0.3, -0.25) is 0 Å². The standard InChI is InChI=1S/C14H26O3/c1-9(2)12-7-6-11(5)8-13(12)17-14(15)16-10(3)4/h9-13H,6-8H2,1-5H3/t11-,12+,13-/m1/s1. The fourth-order valence-electron chi connectivity index (χ4n) is 2.59. The van der Waals surface area contributed by atoms with Crippen molar-refractivity contribution >= 4 is 6.16 Å². The zero-order valence-corrected chi connectivity index (χ0v) is 11.7. The quantitative estimate of drug-likeness (QED) is 0.701. The average Bonchev–Trinajstić information content (AvgIpc) is 2.15. The Balaban J connectivity index is 2.54. The minimum Gasteiger partial charge on any atom is -0.432 e. The predicted octanol–water partition coefficient (Wildman–Crippen LogP) is 4.01. The molecule has 0 N–H and O–H groups in total. The Morgan fingerprint density at radius 3 is 2.35 bits per heavy atom. The molecule has 1 aliphatic carbocycles. The van der Waals surface area contributed by atoms with E-state index in [0.29, 0.717) is 17.8 Å². The van der Waals surface area contributed by atoms with Gasteiger partial charge in [-0.25, -0.2) is 4.79 Å². The molecule has 0 bridgehead atoms. The van der Waals surface area contributed by atoms with Gasteiger partial charge in [0.25, 0.3) is 0 Å². The van der Waals surface area contributed by atoms with Gasteiger partial charge in [-0.1, -0.05) is 27.2 Å². The van der Waals surface area contributed by atoms with Crippen molar-refractivity contribution in [2.45, 2.75) is 66.1 Å². The first kappa shape index (κ1) is 14.3. The van der Waals surface area contributed by atoms with Gasteiger partial charge >= 0.3 is 6.16 Å². The molecule has 0 unspecified atom stereocenters. The van der Waals surface area contributed by atoms with Gasteiger partial charge in [0.15, 0.2) is 0 Å². The number of hydrogen-bond donors (Lipinski definition) is 0. The van der Waals surface area contributed by atoms with Crippen LogP contribution < -0.4 is 0 Å². The van der Waals surface area contributed by atoms with Gasteiger partial charge in [0.1, 0.15) is 6.10 Å². The number of ether oxygens (including phenoxy) is 2. The Labute approximate surface area is 105 Å². The Morgan fingerprint density at radius 1 is 1.18 bits per heavy atom. The molecule has 1 rings (SSSR count). The van der Waals surface area contributed by atoms with Crippen molar-refractivity contribution < 1.29 is 14.3 Å². The molecule has 3 heteroatoms. The normalized spacial score (nSPS) is 29.5. The molecule has 0 radical (unpaired) electrons. The average molecular weight is 242 g/mol. The topological polar surface area (TPSA) is 35.5 Å². The van der Waals surface area contributed by atoms with E-state index in [4.69, 9.17) is 9.47 Å². The van der Waals surface area contributed by atoms with Crippen LogP contribution in [0.2, 0.25) is 0 Å². The van der Waals surface area contributed by atoms with E-state index in [2.05, 4.69) is 20.8 Å². The van der Waals surface area contributed by atoms with Crippen LogP contribution in [0.25, 0.3) is 0 Å². The van der Waals surface area contributed by atoms with Crippen LogP contribution >= 0.6 is 0 Å². The summed E-state index contributed by atoms with van der Waals surface area (Å²) in [6.07, 6.45) is 2.77. The number of hydrogen-bond acceptors (Lipinski definition) is 3. The minimum absolute atomic E-state index is 0.0324. The lowest BCUT2D eigenvalue weighted by Gasteiger charge is -2.36. The monoisotopic (exact) mass is 242 g/mol. The predicted molar refractivity (Wildman–Crippen MR) is 67.8 cm³/mol. The number of rotatable bonds is 3. The summed E-state index contributed by atoms with van der Waals surface area (Å²) in [4.78, 5) is 11.6. The molecule has 1 aliphatic rings. The lowest BCUT2D eigenvalue weighted by Crippen LogP contribution is -2.36. The first-order chi connectivity index (χ1) is 7.90. The van der Waals surface area contributed by atoms with Gasteiger partial charge in [0.05, 0.1) is 6.10 Å².